The molecule has 0 atom stereocenters. The lowest BCUT2D eigenvalue weighted by atomic mass is 10.0. The fraction of sp³-hybridized carbons (Fsp3) is 0.389. The summed E-state index contributed by atoms with van der Waals surface area (Å²) in [7, 11) is 0. The number of aryl methyl sites for hydroxylation is 2. The number of amides is 1. The van der Waals surface area contributed by atoms with Crippen LogP contribution in [0.25, 0.3) is 11.3 Å². The van der Waals surface area contributed by atoms with Crippen LogP contribution >= 0.6 is 0 Å². The summed E-state index contributed by atoms with van der Waals surface area (Å²) in [5, 5.41) is 0. The summed E-state index contributed by atoms with van der Waals surface area (Å²) in [6.45, 7) is 6.00. The summed E-state index contributed by atoms with van der Waals surface area (Å²) < 4.78 is 0. The molecule has 2 N–H and O–H groups in total. The zero-order valence-electron chi connectivity index (χ0n) is 13.7. The highest BCUT2D eigenvalue weighted by Crippen LogP contribution is 2.24. The Morgan fingerprint density at radius 3 is 2.43 bits per heavy atom. The van der Waals surface area contributed by atoms with Gasteiger partial charge >= 0.3 is 0 Å². The number of carbonyl (C=O) groups is 1. The van der Waals surface area contributed by atoms with Crippen molar-refractivity contribution in [1.29, 1.82) is 0 Å². The maximum Gasteiger partial charge on any atom is 0.267 e. The average molecular weight is 310 g/mol. The number of carbonyl (C=O) groups excluding carboxylic acids is 1. The van der Waals surface area contributed by atoms with Crippen LogP contribution in [-0.4, -0.2) is 29.0 Å². The maximum absolute atomic E-state index is 11.7. The van der Waals surface area contributed by atoms with E-state index in [2.05, 4.69) is 40.8 Å². The normalized spacial score (nSPS) is 14.8. The molecule has 0 unspecified atom stereocenters. The highest BCUT2D eigenvalue weighted by Gasteiger charge is 2.17. The molecule has 0 aliphatic carbocycles. The Hall–Kier alpha value is -2.43. The lowest BCUT2D eigenvalue weighted by Crippen LogP contribution is -2.31. The minimum atomic E-state index is -0.518. The molecule has 5 heteroatoms. The van der Waals surface area contributed by atoms with E-state index >= 15 is 0 Å². The first-order chi connectivity index (χ1) is 11.0. The Morgan fingerprint density at radius 2 is 1.78 bits per heavy atom. The zero-order chi connectivity index (χ0) is 16.4. The molecule has 0 bridgehead atoms. The molecule has 1 aromatic carbocycles. The van der Waals surface area contributed by atoms with E-state index in [0.29, 0.717) is 5.95 Å². The summed E-state index contributed by atoms with van der Waals surface area (Å²) in [5.41, 5.74) is 9.89. The van der Waals surface area contributed by atoms with Crippen LogP contribution in [0.15, 0.2) is 24.3 Å². The maximum atomic E-state index is 11.7. The molecule has 5 nitrogen and oxygen atoms in total. The van der Waals surface area contributed by atoms with Crippen molar-refractivity contribution in [3.8, 4) is 11.3 Å². The summed E-state index contributed by atoms with van der Waals surface area (Å²) >= 11 is 0. The van der Waals surface area contributed by atoms with Crippen molar-refractivity contribution in [2.24, 2.45) is 5.73 Å². The molecule has 23 heavy (non-hydrogen) atoms. The molecule has 1 aliphatic rings. The lowest BCUT2D eigenvalue weighted by molar-refractivity contribution is 0.0995. The number of primary amides is 1. The highest BCUT2D eigenvalue weighted by molar-refractivity contribution is 5.92. The predicted octanol–water partition coefficient (Wildman–Crippen LogP) is 2.85. The molecule has 0 saturated carbocycles. The van der Waals surface area contributed by atoms with E-state index in [9.17, 15) is 4.79 Å². The van der Waals surface area contributed by atoms with Gasteiger partial charge < -0.3 is 10.6 Å². The van der Waals surface area contributed by atoms with E-state index in [1.54, 1.807) is 6.07 Å². The van der Waals surface area contributed by atoms with Crippen molar-refractivity contribution < 1.29 is 4.79 Å². The van der Waals surface area contributed by atoms with Gasteiger partial charge in [0.1, 0.15) is 5.69 Å². The van der Waals surface area contributed by atoms with Gasteiger partial charge in [-0.15, -0.1) is 0 Å². The molecular weight excluding hydrogens is 288 g/mol. The molecule has 1 aliphatic heterocycles. The monoisotopic (exact) mass is 310 g/mol. The second-order valence-corrected chi connectivity index (χ2v) is 6.15. The van der Waals surface area contributed by atoms with Crippen LogP contribution in [0.5, 0.6) is 0 Å². The zero-order valence-corrected chi connectivity index (χ0v) is 13.7. The van der Waals surface area contributed by atoms with Crippen LogP contribution in [-0.2, 0) is 0 Å². The fourth-order valence-electron chi connectivity index (χ4n) is 2.84. The quantitative estimate of drug-likeness (QED) is 0.946. The van der Waals surface area contributed by atoms with Crippen molar-refractivity contribution in [2.45, 2.75) is 33.1 Å². The van der Waals surface area contributed by atoms with Crippen molar-refractivity contribution in [2.75, 3.05) is 18.0 Å². The van der Waals surface area contributed by atoms with Gasteiger partial charge in [-0.2, -0.15) is 0 Å². The van der Waals surface area contributed by atoms with E-state index in [1.165, 1.54) is 17.5 Å². The Morgan fingerprint density at radius 1 is 1.04 bits per heavy atom. The van der Waals surface area contributed by atoms with Crippen molar-refractivity contribution in [3.05, 3.63) is 41.1 Å². The van der Waals surface area contributed by atoms with Crippen LogP contribution in [0.3, 0.4) is 0 Å². The van der Waals surface area contributed by atoms with Gasteiger partial charge in [-0.3, -0.25) is 4.79 Å². The number of hydrogen-bond acceptors (Lipinski definition) is 4. The van der Waals surface area contributed by atoms with Crippen molar-refractivity contribution in [1.82, 2.24) is 9.97 Å². The first kappa shape index (κ1) is 15.5. The van der Waals surface area contributed by atoms with Crippen LogP contribution in [0.4, 0.5) is 5.95 Å². The number of benzene rings is 1. The van der Waals surface area contributed by atoms with Gasteiger partial charge in [0.15, 0.2) is 0 Å². The summed E-state index contributed by atoms with van der Waals surface area (Å²) in [6.07, 6.45) is 3.49. The van der Waals surface area contributed by atoms with Gasteiger partial charge in [0, 0.05) is 18.7 Å². The second kappa shape index (κ2) is 6.36. The van der Waals surface area contributed by atoms with Gasteiger partial charge in [0.05, 0.1) is 5.69 Å². The van der Waals surface area contributed by atoms with Crippen molar-refractivity contribution in [3.63, 3.8) is 0 Å². The van der Waals surface area contributed by atoms with Gasteiger partial charge in [-0.1, -0.05) is 12.1 Å². The average Bonchev–Trinajstić information content (AvgIpc) is 2.57. The third-order valence-corrected chi connectivity index (χ3v) is 4.41. The first-order valence-corrected chi connectivity index (χ1v) is 8.06. The SMILES string of the molecule is Cc1ccc(-c2cc(C(N)=O)nc(N3CCCCC3)n2)cc1C. The largest absolute Gasteiger partial charge is 0.364 e. The molecular formula is C18H22N4O. The Labute approximate surface area is 136 Å². The molecule has 0 radical (unpaired) electrons. The molecule has 0 spiro atoms. The summed E-state index contributed by atoms with van der Waals surface area (Å²) in [4.78, 5) is 22.8. The minimum Gasteiger partial charge on any atom is -0.364 e. The van der Waals surface area contributed by atoms with Gasteiger partial charge in [0.2, 0.25) is 5.95 Å². The Kier molecular flexibility index (Phi) is 4.28. The highest BCUT2D eigenvalue weighted by atomic mass is 16.1. The molecule has 1 saturated heterocycles. The molecule has 1 amide bonds. The molecule has 2 heterocycles. The molecule has 120 valence electrons. The van der Waals surface area contributed by atoms with Crippen molar-refractivity contribution >= 4 is 11.9 Å². The predicted molar refractivity (Wildman–Crippen MR) is 91.5 cm³/mol. The van der Waals surface area contributed by atoms with Gasteiger partial charge in [-0.25, -0.2) is 9.97 Å². The molecule has 1 fully saturated rings. The number of piperidine rings is 1. The Balaban J connectivity index is 2.06. The van der Waals surface area contributed by atoms with Gasteiger partial charge in [0.25, 0.3) is 5.91 Å². The third kappa shape index (κ3) is 3.33. The van der Waals surface area contributed by atoms with Gasteiger partial charge in [-0.05, 0) is 56.4 Å². The number of rotatable bonds is 3. The van der Waals surface area contributed by atoms with E-state index in [1.807, 2.05) is 6.07 Å². The molecule has 2 aromatic rings. The number of nitrogens with two attached hydrogens (primary N) is 1. The number of nitrogens with zero attached hydrogens (tertiary/aromatic N) is 3. The smallest absolute Gasteiger partial charge is 0.267 e. The number of aromatic nitrogens is 2. The topological polar surface area (TPSA) is 72.1 Å². The van der Waals surface area contributed by atoms with E-state index in [-0.39, 0.29) is 5.69 Å². The lowest BCUT2D eigenvalue weighted by Gasteiger charge is -2.27. The van der Waals surface area contributed by atoms with Crippen LogP contribution in [0, 0.1) is 13.8 Å². The molecule has 1 aromatic heterocycles. The molecule has 3 rings (SSSR count). The minimum absolute atomic E-state index is 0.272. The Bertz CT molecular complexity index is 736. The standard InChI is InChI=1S/C18H22N4O/c1-12-6-7-14(10-13(12)2)15-11-16(17(19)23)21-18(20-15)22-8-4-3-5-9-22/h6-7,10-11H,3-5,8-9H2,1-2H3,(H2,19,23). The van der Waals surface area contributed by atoms with E-state index < -0.39 is 5.91 Å². The second-order valence-electron chi connectivity index (χ2n) is 6.15. The van der Waals surface area contributed by atoms with E-state index in [0.717, 1.165) is 37.2 Å². The third-order valence-electron chi connectivity index (χ3n) is 4.41. The summed E-state index contributed by atoms with van der Waals surface area (Å²) in [6, 6.07) is 7.86. The first-order valence-electron chi connectivity index (χ1n) is 8.06. The number of anilines is 1. The van der Waals surface area contributed by atoms with Crippen LogP contribution in [0.1, 0.15) is 40.9 Å². The van der Waals surface area contributed by atoms with Crippen LogP contribution < -0.4 is 10.6 Å². The summed E-state index contributed by atoms with van der Waals surface area (Å²) in [5.74, 6) is 0.0879. The van der Waals surface area contributed by atoms with Crippen LogP contribution in [0.2, 0.25) is 0 Å². The van der Waals surface area contributed by atoms with E-state index in [4.69, 9.17) is 5.73 Å². The number of hydrogen-bond donors (Lipinski definition) is 1. The fourth-order valence-corrected chi connectivity index (χ4v) is 2.84.